The van der Waals surface area contributed by atoms with Gasteiger partial charge in [-0.1, -0.05) is 13.8 Å². The molecule has 0 bridgehead atoms. The van der Waals surface area contributed by atoms with Gasteiger partial charge in [-0.05, 0) is 92.8 Å². The van der Waals surface area contributed by atoms with Crippen LogP contribution in [0.5, 0.6) is 0 Å². The molecule has 4 saturated carbocycles. The topological polar surface area (TPSA) is 60.7 Å². The Labute approximate surface area is 146 Å². The maximum Gasteiger partial charge on any atom is 0.0675 e. The molecule has 0 heterocycles. The molecule has 3 N–H and O–H groups in total. The zero-order chi connectivity index (χ0) is 17.3. The number of hydrogen-bond donors (Lipinski definition) is 3. The minimum absolute atomic E-state index is 0.0602. The molecule has 4 aliphatic rings. The molecule has 0 aromatic rings. The van der Waals surface area contributed by atoms with Crippen LogP contribution in [-0.2, 0) is 0 Å². The summed E-state index contributed by atoms with van der Waals surface area (Å²) in [6, 6.07) is 0. The Morgan fingerprint density at radius 2 is 1.67 bits per heavy atom. The molecule has 9 atom stereocenters. The molecule has 0 spiro atoms. The molecule has 0 aromatic heterocycles. The zero-order valence-corrected chi connectivity index (χ0v) is 15.7. The van der Waals surface area contributed by atoms with Crippen LogP contribution in [0.2, 0.25) is 0 Å². The number of rotatable bonds is 1. The number of fused-ring (bicyclic) bond motifs is 5. The SMILES string of the molecule is C[C@]12C[C@@H](CO)[C@H](O)C[C@@H]1CC[C@@H]1[C@@H]2CC[C@@]2(C)[C@H]1CC[C@]2(C)O. The van der Waals surface area contributed by atoms with E-state index >= 15 is 0 Å². The third kappa shape index (κ3) is 2.13. The standard InChI is InChI=1S/C21H36O3/c1-19-11-13(12-22)18(23)10-14(19)4-5-15-16(19)6-8-20(2)17(15)7-9-21(20,3)24/h13-18,22-24H,4-12H2,1-3H3/t13-,14-,15+,16-,17-,18+,19-,20-,21-/m0/s1. The van der Waals surface area contributed by atoms with Gasteiger partial charge in [-0.15, -0.1) is 0 Å². The van der Waals surface area contributed by atoms with E-state index in [0.717, 1.165) is 31.6 Å². The second-order valence-corrected chi connectivity index (χ2v) is 10.4. The summed E-state index contributed by atoms with van der Waals surface area (Å²) in [6.45, 7) is 6.99. The van der Waals surface area contributed by atoms with Gasteiger partial charge in [0.2, 0.25) is 0 Å². The van der Waals surface area contributed by atoms with Crippen molar-refractivity contribution < 1.29 is 15.3 Å². The Hall–Kier alpha value is -0.120. The first-order valence-electron chi connectivity index (χ1n) is 10.2. The van der Waals surface area contributed by atoms with Crippen molar-refractivity contribution in [3.05, 3.63) is 0 Å². The molecule has 3 heteroatoms. The maximum atomic E-state index is 11.0. The fraction of sp³-hybridized carbons (Fsp3) is 1.00. The third-order valence-electron chi connectivity index (χ3n) is 9.63. The Morgan fingerprint density at radius 1 is 0.958 bits per heavy atom. The fourth-order valence-electron chi connectivity index (χ4n) is 7.85. The lowest BCUT2D eigenvalue weighted by atomic mass is 9.43. The Bertz CT molecular complexity index is 503. The van der Waals surface area contributed by atoms with Crippen molar-refractivity contribution in [2.45, 2.75) is 83.8 Å². The van der Waals surface area contributed by atoms with E-state index in [2.05, 4.69) is 20.8 Å². The van der Waals surface area contributed by atoms with Gasteiger partial charge in [0.05, 0.1) is 11.7 Å². The first-order chi connectivity index (χ1) is 11.2. The Kier molecular flexibility index (Phi) is 3.92. The van der Waals surface area contributed by atoms with E-state index in [0.29, 0.717) is 17.8 Å². The predicted molar refractivity (Wildman–Crippen MR) is 94.3 cm³/mol. The molecule has 0 unspecified atom stereocenters. The summed E-state index contributed by atoms with van der Waals surface area (Å²) in [4.78, 5) is 0. The average Bonchev–Trinajstić information content (AvgIpc) is 2.77. The van der Waals surface area contributed by atoms with E-state index in [9.17, 15) is 15.3 Å². The van der Waals surface area contributed by atoms with Crippen LogP contribution in [0.1, 0.15) is 72.1 Å². The second-order valence-electron chi connectivity index (χ2n) is 10.4. The normalized spacial score (nSPS) is 60.2. The smallest absolute Gasteiger partial charge is 0.0675 e. The molecule has 4 rings (SSSR count). The van der Waals surface area contributed by atoms with Gasteiger partial charge in [0.1, 0.15) is 0 Å². The van der Waals surface area contributed by atoms with Crippen molar-refractivity contribution in [1.29, 1.82) is 0 Å². The van der Waals surface area contributed by atoms with E-state index < -0.39 is 5.60 Å². The van der Waals surface area contributed by atoms with Crippen molar-refractivity contribution >= 4 is 0 Å². The van der Waals surface area contributed by atoms with Crippen LogP contribution in [0.4, 0.5) is 0 Å². The van der Waals surface area contributed by atoms with E-state index in [-0.39, 0.29) is 29.5 Å². The van der Waals surface area contributed by atoms with Gasteiger partial charge < -0.3 is 15.3 Å². The fourth-order valence-corrected chi connectivity index (χ4v) is 7.85. The van der Waals surface area contributed by atoms with Crippen molar-refractivity contribution in [3.8, 4) is 0 Å². The van der Waals surface area contributed by atoms with Crippen LogP contribution in [-0.4, -0.2) is 33.6 Å². The molecule has 138 valence electrons. The van der Waals surface area contributed by atoms with Gasteiger partial charge in [0, 0.05) is 12.5 Å². The molecule has 0 radical (unpaired) electrons. The summed E-state index contributed by atoms with van der Waals surface area (Å²) in [5, 5.41) is 31.1. The molecule has 0 saturated heterocycles. The van der Waals surface area contributed by atoms with Crippen LogP contribution in [0.15, 0.2) is 0 Å². The van der Waals surface area contributed by atoms with Crippen molar-refractivity contribution in [2.24, 2.45) is 40.4 Å². The van der Waals surface area contributed by atoms with Crippen LogP contribution in [0.25, 0.3) is 0 Å². The highest BCUT2D eigenvalue weighted by Crippen LogP contribution is 2.68. The van der Waals surface area contributed by atoms with E-state index in [4.69, 9.17) is 0 Å². The van der Waals surface area contributed by atoms with Crippen LogP contribution in [0.3, 0.4) is 0 Å². The van der Waals surface area contributed by atoms with E-state index in [1.165, 1.54) is 25.7 Å². The monoisotopic (exact) mass is 336 g/mol. The lowest BCUT2D eigenvalue weighted by Crippen LogP contribution is -2.57. The van der Waals surface area contributed by atoms with Crippen LogP contribution < -0.4 is 0 Å². The highest BCUT2D eigenvalue weighted by Gasteiger charge is 2.63. The summed E-state index contributed by atoms with van der Waals surface area (Å²) in [5.41, 5.74) is -0.149. The molecular weight excluding hydrogens is 300 g/mol. The van der Waals surface area contributed by atoms with Crippen LogP contribution >= 0.6 is 0 Å². The van der Waals surface area contributed by atoms with Gasteiger partial charge in [-0.25, -0.2) is 0 Å². The minimum Gasteiger partial charge on any atom is -0.396 e. The molecule has 24 heavy (non-hydrogen) atoms. The number of aliphatic hydroxyl groups excluding tert-OH is 2. The second kappa shape index (κ2) is 5.44. The Morgan fingerprint density at radius 3 is 2.38 bits per heavy atom. The summed E-state index contributed by atoms with van der Waals surface area (Å²) in [5.74, 6) is 2.77. The zero-order valence-electron chi connectivity index (χ0n) is 15.7. The van der Waals surface area contributed by atoms with E-state index in [1.807, 2.05) is 0 Å². The maximum absolute atomic E-state index is 11.0. The molecule has 4 fully saturated rings. The molecule has 0 aromatic carbocycles. The summed E-state index contributed by atoms with van der Waals surface area (Å²) in [7, 11) is 0. The van der Waals surface area contributed by atoms with Gasteiger partial charge in [0.15, 0.2) is 0 Å². The molecule has 0 aliphatic heterocycles. The predicted octanol–water partition coefficient (Wildman–Crippen LogP) is 3.36. The van der Waals surface area contributed by atoms with Crippen LogP contribution in [0, 0.1) is 40.4 Å². The van der Waals surface area contributed by atoms with Gasteiger partial charge in [-0.3, -0.25) is 0 Å². The Balaban J connectivity index is 1.63. The highest BCUT2D eigenvalue weighted by atomic mass is 16.3. The summed E-state index contributed by atoms with van der Waals surface area (Å²) in [6.07, 6.45) is 8.54. The molecule has 3 nitrogen and oxygen atoms in total. The highest BCUT2D eigenvalue weighted by molar-refractivity contribution is 5.13. The summed E-state index contributed by atoms with van der Waals surface area (Å²) < 4.78 is 0. The third-order valence-corrected chi connectivity index (χ3v) is 9.63. The number of hydrogen-bond acceptors (Lipinski definition) is 3. The van der Waals surface area contributed by atoms with Crippen molar-refractivity contribution in [3.63, 3.8) is 0 Å². The molecule has 4 aliphatic carbocycles. The van der Waals surface area contributed by atoms with Crippen molar-refractivity contribution in [1.82, 2.24) is 0 Å². The van der Waals surface area contributed by atoms with Gasteiger partial charge >= 0.3 is 0 Å². The number of aliphatic hydroxyl groups is 3. The first-order valence-corrected chi connectivity index (χ1v) is 10.2. The minimum atomic E-state index is -0.503. The average molecular weight is 337 g/mol. The molecular formula is C21H36O3. The molecule has 0 amide bonds. The van der Waals surface area contributed by atoms with Gasteiger partial charge in [0.25, 0.3) is 0 Å². The quantitative estimate of drug-likeness (QED) is 0.688. The first kappa shape index (κ1) is 17.3. The lowest BCUT2D eigenvalue weighted by molar-refractivity contribution is -0.166. The largest absolute Gasteiger partial charge is 0.396 e. The van der Waals surface area contributed by atoms with E-state index in [1.54, 1.807) is 0 Å². The summed E-state index contributed by atoms with van der Waals surface area (Å²) >= 11 is 0. The van der Waals surface area contributed by atoms with Gasteiger partial charge in [-0.2, -0.15) is 0 Å². The van der Waals surface area contributed by atoms with Crippen molar-refractivity contribution in [2.75, 3.05) is 6.61 Å². The lowest BCUT2D eigenvalue weighted by Gasteiger charge is -2.62.